The first kappa shape index (κ1) is 18.9. The predicted octanol–water partition coefficient (Wildman–Crippen LogP) is 3.58. The summed E-state index contributed by atoms with van der Waals surface area (Å²) in [5.74, 6) is -0.567. The van der Waals surface area contributed by atoms with Crippen LogP contribution in [0.3, 0.4) is 0 Å². The molecular formula is C18H19BrN2O4S. The lowest BCUT2D eigenvalue weighted by Crippen LogP contribution is -2.35. The molecule has 26 heavy (non-hydrogen) atoms. The number of para-hydroxylation sites is 2. The van der Waals surface area contributed by atoms with Gasteiger partial charge >= 0.3 is 0 Å². The Bertz CT molecular complexity index is 925. The molecule has 1 fully saturated rings. The Morgan fingerprint density at radius 2 is 1.77 bits per heavy atom. The average molecular weight is 439 g/mol. The van der Waals surface area contributed by atoms with Crippen molar-refractivity contribution in [2.45, 2.75) is 24.2 Å². The van der Waals surface area contributed by atoms with Crippen molar-refractivity contribution in [3.8, 4) is 5.75 Å². The number of piperidine rings is 1. The van der Waals surface area contributed by atoms with Crippen molar-refractivity contribution >= 4 is 37.5 Å². The molecule has 0 spiro atoms. The molecule has 1 heterocycles. The van der Waals surface area contributed by atoms with Crippen LogP contribution < -0.4 is 5.32 Å². The number of rotatable bonds is 4. The van der Waals surface area contributed by atoms with Crippen LogP contribution in [0.15, 0.2) is 51.8 Å². The monoisotopic (exact) mass is 438 g/mol. The van der Waals surface area contributed by atoms with E-state index < -0.39 is 15.9 Å². The number of amides is 1. The average Bonchev–Trinajstić information content (AvgIpc) is 2.64. The first-order valence-electron chi connectivity index (χ1n) is 8.28. The molecule has 3 rings (SSSR count). The topological polar surface area (TPSA) is 86.7 Å². The van der Waals surface area contributed by atoms with Crippen molar-refractivity contribution in [1.82, 2.24) is 4.31 Å². The van der Waals surface area contributed by atoms with E-state index in [0.29, 0.717) is 17.6 Å². The summed E-state index contributed by atoms with van der Waals surface area (Å²) in [5.41, 5.74) is 0.444. The van der Waals surface area contributed by atoms with Gasteiger partial charge in [0.05, 0.1) is 16.1 Å². The Morgan fingerprint density at radius 1 is 1.08 bits per heavy atom. The van der Waals surface area contributed by atoms with E-state index in [2.05, 4.69) is 21.2 Å². The van der Waals surface area contributed by atoms with E-state index in [1.165, 1.54) is 22.5 Å². The SMILES string of the molecule is O=C(Nc1ccccc1O)c1cc(S(=O)(=O)N2CCCCC2)ccc1Br. The third-order valence-corrected chi connectivity index (χ3v) is 6.87. The lowest BCUT2D eigenvalue weighted by Gasteiger charge is -2.26. The molecule has 2 aromatic carbocycles. The van der Waals surface area contributed by atoms with E-state index in [9.17, 15) is 18.3 Å². The summed E-state index contributed by atoms with van der Waals surface area (Å²) in [4.78, 5) is 12.7. The van der Waals surface area contributed by atoms with Crippen LogP contribution in [0.25, 0.3) is 0 Å². The van der Waals surface area contributed by atoms with E-state index in [1.54, 1.807) is 24.3 Å². The largest absolute Gasteiger partial charge is 0.506 e. The second-order valence-electron chi connectivity index (χ2n) is 6.08. The molecule has 0 atom stereocenters. The summed E-state index contributed by atoms with van der Waals surface area (Å²) in [6, 6.07) is 10.8. The number of carbonyl (C=O) groups excluding carboxylic acids is 1. The third-order valence-electron chi connectivity index (χ3n) is 4.29. The Morgan fingerprint density at radius 3 is 2.46 bits per heavy atom. The fourth-order valence-electron chi connectivity index (χ4n) is 2.86. The number of aromatic hydroxyl groups is 1. The van der Waals surface area contributed by atoms with Gasteiger partial charge in [0.2, 0.25) is 10.0 Å². The standard InChI is InChI=1S/C18H19BrN2O4S/c19-15-9-8-13(26(24,25)21-10-4-1-5-11-21)12-14(15)18(23)20-16-6-2-3-7-17(16)22/h2-3,6-9,12,22H,1,4-5,10-11H2,(H,20,23). The second kappa shape index (κ2) is 7.77. The maximum absolute atomic E-state index is 12.8. The molecule has 0 radical (unpaired) electrons. The fraction of sp³-hybridized carbons (Fsp3) is 0.278. The molecular weight excluding hydrogens is 420 g/mol. The zero-order chi connectivity index (χ0) is 18.7. The third kappa shape index (κ3) is 3.92. The molecule has 0 saturated carbocycles. The lowest BCUT2D eigenvalue weighted by atomic mass is 10.2. The summed E-state index contributed by atoms with van der Waals surface area (Å²) in [6.45, 7) is 0.996. The lowest BCUT2D eigenvalue weighted by molar-refractivity contribution is 0.102. The maximum Gasteiger partial charge on any atom is 0.256 e. The minimum absolute atomic E-state index is 0.0611. The van der Waals surface area contributed by atoms with Crippen LogP contribution in [0.4, 0.5) is 5.69 Å². The molecule has 1 aliphatic rings. The Labute approximate surface area is 161 Å². The van der Waals surface area contributed by atoms with Gasteiger partial charge in [0.25, 0.3) is 5.91 Å². The minimum atomic E-state index is -3.63. The van der Waals surface area contributed by atoms with E-state index in [-0.39, 0.29) is 21.9 Å². The summed E-state index contributed by atoms with van der Waals surface area (Å²) in [7, 11) is -3.63. The number of benzene rings is 2. The van der Waals surface area contributed by atoms with E-state index >= 15 is 0 Å². The number of phenols is 1. The van der Waals surface area contributed by atoms with Gasteiger partial charge in [0, 0.05) is 17.6 Å². The summed E-state index contributed by atoms with van der Waals surface area (Å²) < 4.78 is 27.6. The summed E-state index contributed by atoms with van der Waals surface area (Å²) in [5, 5.41) is 12.4. The molecule has 2 aromatic rings. The molecule has 1 aliphatic heterocycles. The molecule has 8 heteroatoms. The van der Waals surface area contributed by atoms with Crippen molar-refractivity contribution < 1.29 is 18.3 Å². The second-order valence-corrected chi connectivity index (χ2v) is 8.87. The molecule has 6 nitrogen and oxygen atoms in total. The highest BCUT2D eigenvalue weighted by Crippen LogP contribution is 2.27. The highest BCUT2D eigenvalue weighted by molar-refractivity contribution is 9.10. The van der Waals surface area contributed by atoms with Gasteiger partial charge in [-0.1, -0.05) is 18.6 Å². The number of anilines is 1. The quantitative estimate of drug-likeness (QED) is 0.714. The number of hydrogen-bond acceptors (Lipinski definition) is 4. The molecule has 0 unspecified atom stereocenters. The molecule has 138 valence electrons. The molecule has 0 bridgehead atoms. The van der Waals surface area contributed by atoms with Crippen LogP contribution in [0.2, 0.25) is 0 Å². The number of sulfonamides is 1. The van der Waals surface area contributed by atoms with Crippen molar-refractivity contribution in [3.63, 3.8) is 0 Å². The number of phenolic OH excluding ortho intramolecular Hbond substituents is 1. The van der Waals surface area contributed by atoms with Crippen LogP contribution in [0.1, 0.15) is 29.6 Å². The zero-order valence-corrected chi connectivity index (χ0v) is 16.4. The fourth-order valence-corrected chi connectivity index (χ4v) is 4.83. The predicted molar refractivity (Wildman–Crippen MR) is 103 cm³/mol. The van der Waals surface area contributed by atoms with Crippen LogP contribution >= 0.6 is 15.9 Å². The molecule has 1 saturated heterocycles. The van der Waals surface area contributed by atoms with Gasteiger partial charge in [-0.05, 0) is 59.1 Å². The first-order chi connectivity index (χ1) is 12.4. The van der Waals surface area contributed by atoms with Crippen LogP contribution in [-0.4, -0.2) is 36.8 Å². The molecule has 0 aromatic heterocycles. The maximum atomic E-state index is 12.8. The van der Waals surface area contributed by atoms with Crippen molar-refractivity contribution in [1.29, 1.82) is 0 Å². The first-order valence-corrected chi connectivity index (χ1v) is 10.5. The van der Waals surface area contributed by atoms with Gasteiger partial charge in [-0.15, -0.1) is 0 Å². The molecule has 0 aliphatic carbocycles. The van der Waals surface area contributed by atoms with E-state index in [0.717, 1.165) is 19.3 Å². The van der Waals surface area contributed by atoms with Crippen LogP contribution in [0, 0.1) is 0 Å². The minimum Gasteiger partial charge on any atom is -0.506 e. The Kier molecular flexibility index (Phi) is 5.64. The van der Waals surface area contributed by atoms with Crippen molar-refractivity contribution in [2.75, 3.05) is 18.4 Å². The van der Waals surface area contributed by atoms with Crippen molar-refractivity contribution in [2.24, 2.45) is 0 Å². The van der Waals surface area contributed by atoms with E-state index in [1.807, 2.05) is 0 Å². The number of halogens is 1. The van der Waals surface area contributed by atoms with Crippen LogP contribution in [0.5, 0.6) is 5.75 Å². The molecule has 1 amide bonds. The number of hydrogen-bond donors (Lipinski definition) is 2. The highest BCUT2D eigenvalue weighted by atomic mass is 79.9. The zero-order valence-electron chi connectivity index (χ0n) is 14.0. The smallest absolute Gasteiger partial charge is 0.256 e. The summed E-state index contributed by atoms with van der Waals surface area (Å²) >= 11 is 3.29. The number of nitrogens with zero attached hydrogens (tertiary/aromatic N) is 1. The van der Waals surface area contributed by atoms with Gasteiger partial charge in [-0.2, -0.15) is 4.31 Å². The van der Waals surface area contributed by atoms with Crippen molar-refractivity contribution in [3.05, 3.63) is 52.5 Å². The summed E-state index contributed by atoms with van der Waals surface area (Å²) in [6.07, 6.45) is 2.72. The van der Waals surface area contributed by atoms with Gasteiger partial charge in [-0.25, -0.2) is 8.42 Å². The van der Waals surface area contributed by atoms with Gasteiger partial charge < -0.3 is 10.4 Å². The van der Waals surface area contributed by atoms with E-state index in [4.69, 9.17) is 0 Å². The number of carbonyl (C=O) groups is 1. The van der Waals surface area contributed by atoms with Gasteiger partial charge in [-0.3, -0.25) is 4.79 Å². The van der Waals surface area contributed by atoms with Gasteiger partial charge in [0.15, 0.2) is 0 Å². The highest BCUT2D eigenvalue weighted by Gasteiger charge is 2.27. The van der Waals surface area contributed by atoms with Gasteiger partial charge in [0.1, 0.15) is 5.75 Å². The Balaban J connectivity index is 1.90. The van der Waals surface area contributed by atoms with Crippen LogP contribution in [-0.2, 0) is 10.0 Å². The molecule has 2 N–H and O–H groups in total. The normalized spacial score (nSPS) is 15.6. The number of nitrogens with one attached hydrogen (secondary N) is 1. The Hall–Kier alpha value is -1.90.